The van der Waals surface area contributed by atoms with E-state index in [1.54, 1.807) is 6.07 Å². The Hall–Kier alpha value is -3.41. The average molecular weight is 391 g/mol. The molecule has 0 fully saturated rings. The lowest BCUT2D eigenvalue weighted by Crippen LogP contribution is -2.49. The van der Waals surface area contributed by atoms with E-state index in [-0.39, 0.29) is 17.6 Å². The molecule has 0 aliphatic heterocycles. The fraction of sp³-hybridized carbons (Fsp3) is 0.261. The van der Waals surface area contributed by atoms with E-state index in [0.29, 0.717) is 12.2 Å². The first-order valence-corrected chi connectivity index (χ1v) is 9.61. The van der Waals surface area contributed by atoms with Gasteiger partial charge in [0.1, 0.15) is 6.04 Å². The van der Waals surface area contributed by atoms with E-state index in [4.69, 9.17) is 4.52 Å². The van der Waals surface area contributed by atoms with Gasteiger partial charge in [-0.3, -0.25) is 9.59 Å². The number of hydrogen-bond acceptors (Lipinski definition) is 4. The second-order valence-corrected chi connectivity index (χ2v) is 7.32. The van der Waals surface area contributed by atoms with Gasteiger partial charge in [0, 0.05) is 24.1 Å². The van der Waals surface area contributed by atoms with Gasteiger partial charge in [0.25, 0.3) is 5.91 Å². The van der Waals surface area contributed by atoms with Crippen molar-refractivity contribution in [1.82, 2.24) is 15.8 Å². The van der Waals surface area contributed by atoms with Gasteiger partial charge in [-0.1, -0.05) is 65.3 Å². The molecule has 0 aliphatic carbocycles. The summed E-state index contributed by atoms with van der Waals surface area (Å²) in [4.78, 5) is 25.3. The minimum atomic E-state index is -0.716. The molecule has 1 heterocycles. The Labute approximate surface area is 170 Å². The summed E-state index contributed by atoms with van der Waals surface area (Å²) in [6.07, 6.45) is 0.383. The summed E-state index contributed by atoms with van der Waals surface area (Å²) in [6, 6.07) is 18.1. The summed E-state index contributed by atoms with van der Waals surface area (Å²) < 4.78 is 5.33. The summed E-state index contributed by atoms with van der Waals surface area (Å²) in [5.74, 6) is -0.187. The predicted octanol–water partition coefficient (Wildman–Crippen LogP) is 3.52. The molecule has 6 heteroatoms. The summed E-state index contributed by atoms with van der Waals surface area (Å²) in [5, 5.41) is 9.52. The molecule has 1 aromatic heterocycles. The van der Waals surface area contributed by atoms with Gasteiger partial charge in [-0.15, -0.1) is 0 Å². The van der Waals surface area contributed by atoms with E-state index in [9.17, 15) is 9.59 Å². The highest BCUT2D eigenvalue weighted by molar-refractivity contribution is 5.96. The van der Waals surface area contributed by atoms with Gasteiger partial charge in [0.15, 0.2) is 11.5 Å². The van der Waals surface area contributed by atoms with Crippen LogP contribution in [0.15, 0.2) is 65.2 Å². The first-order chi connectivity index (χ1) is 13.9. The van der Waals surface area contributed by atoms with E-state index in [2.05, 4.69) is 15.8 Å². The number of benzene rings is 2. The average Bonchev–Trinajstić information content (AvgIpc) is 3.18. The number of carbonyl (C=O) groups excluding carboxylic acids is 2. The Balaban J connectivity index is 1.75. The summed E-state index contributed by atoms with van der Waals surface area (Å²) in [6.45, 7) is 5.76. The normalized spacial score (nSPS) is 11.9. The van der Waals surface area contributed by atoms with Gasteiger partial charge in [-0.2, -0.15) is 0 Å². The van der Waals surface area contributed by atoms with Gasteiger partial charge in [0.05, 0.1) is 0 Å². The molecule has 2 aromatic carbocycles. The predicted molar refractivity (Wildman–Crippen MR) is 111 cm³/mol. The van der Waals surface area contributed by atoms with E-state index in [1.807, 2.05) is 75.4 Å². The summed E-state index contributed by atoms with van der Waals surface area (Å²) >= 11 is 0. The molecule has 0 radical (unpaired) electrons. The topological polar surface area (TPSA) is 84.2 Å². The van der Waals surface area contributed by atoms with Crippen LogP contribution in [-0.4, -0.2) is 29.1 Å². The van der Waals surface area contributed by atoms with Gasteiger partial charge >= 0.3 is 0 Å². The lowest BCUT2D eigenvalue weighted by atomic mass is 10.0. The summed E-state index contributed by atoms with van der Waals surface area (Å²) in [7, 11) is 0. The Kier molecular flexibility index (Phi) is 6.44. The first-order valence-electron chi connectivity index (χ1n) is 9.61. The van der Waals surface area contributed by atoms with Crippen LogP contribution in [0.1, 0.15) is 35.5 Å². The molecule has 0 aliphatic rings. The summed E-state index contributed by atoms with van der Waals surface area (Å²) in [5.41, 5.74) is 3.06. The van der Waals surface area contributed by atoms with Crippen molar-refractivity contribution in [2.75, 3.05) is 0 Å². The number of aromatic nitrogens is 1. The fourth-order valence-electron chi connectivity index (χ4n) is 2.91. The minimum Gasteiger partial charge on any atom is -0.355 e. The monoisotopic (exact) mass is 391 g/mol. The smallest absolute Gasteiger partial charge is 0.274 e. The third kappa shape index (κ3) is 5.54. The lowest BCUT2D eigenvalue weighted by molar-refractivity contribution is -0.123. The molecule has 2 N–H and O–H groups in total. The first kappa shape index (κ1) is 20.3. The van der Waals surface area contributed by atoms with Crippen molar-refractivity contribution in [3.63, 3.8) is 0 Å². The number of nitrogens with zero attached hydrogens (tertiary/aromatic N) is 1. The van der Waals surface area contributed by atoms with Gasteiger partial charge < -0.3 is 15.2 Å². The molecule has 2 amide bonds. The molecular formula is C23H25N3O3. The molecule has 0 spiro atoms. The molecule has 0 saturated carbocycles. The second kappa shape index (κ2) is 9.19. The van der Waals surface area contributed by atoms with E-state index in [0.717, 1.165) is 16.7 Å². The highest BCUT2D eigenvalue weighted by atomic mass is 16.5. The maximum absolute atomic E-state index is 12.7. The van der Waals surface area contributed by atoms with Crippen molar-refractivity contribution in [3.8, 4) is 11.3 Å². The van der Waals surface area contributed by atoms with Crippen LogP contribution in [0.4, 0.5) is 0 Å². The maximum Gasteiger partial charge on any atom is 0.274 e. The van der Waals surface area contributed by atoms with Crippen LogP contribution in [0.25, 0.3) is 11.3 Å². The van der Waals surface area contributed by atoms with Gasteiger partial charge in [-0.05, 0) is 26.3 Å². The Morgan fingerprint density at radius 3 is 2.34 bits per heavy atom. The fourth-order valence-corrected chi connectivity index (χ4v) is 2.91. The van der Waals surface area contributed by atoms with Crippen molar-refractivity contribution in [2.24, 2.45) is 0 Å². The molecular weight excluding hydrogens is 366 g/mol. The lowest BCUT2D eigenvalue weighted by Gasteiger charge is -2.19. The third-order valence-electron chi connectivity index (χ3n) is 4.41. The van der Waals surface area contributed by atoms with Crippen LogP contribution in [0.2, 0.25) is 0 Å². The van der Waals surface area contributed by atoms with Crippen LogP contribution >= 0.6 is 0 Å². The number of rotatable bonds is 7. The van der Waals surface area contributed by atoms with Crippen LogP contribution in [-0.2, 0) is 11.2 Å². The van der Waals surface area contributed by atoms with Crippen molar-refractivity contribution in [3.05, 3.63) is 77.5 Å². The largest absolute Gasteiger partial charge is 0.355 e. The number of carbonyl (C=O) groups is 2. The van der Waals surface area contributed by atoms with Crippen LogP contribution in [0.3, 0.4) is 0 Å². The molecule has 1 atom stereocenters. The Morgan fingerprint density at radius 1 is 1.00 bits per heavy atom. The quantitative estimate of drug-likeness (QED) is 0.645. The SMILES string of the molecule is Cc1ccc(-c2cc(C(=O)NC(Cc3ccccc3)C(=O)NC(C)C)no2)cc1. The molecule has 1 unspecified atom stereocenters. The van der Waals surface area contributed by atoms with Crippen LogP contribution in [0.5, 0.6) is 0 Å². The molecule has 3 aromatic rings. The zero-order valence-corrected chi connectivity index (χ0v) is 16.8. The second-order valence-electron chi connectivity index (χ2n) is 7.32. The number of aryl methyl sites for hydroxylation is 1. The Bertz CT molecular complexity index is 963. The van der Waals surface area contributed by atoms with Gasteiger partial charge in [-0.25, -0.2) is 0 Å². The number of hydrogen-bond donors (Lipinski definition) is 2. The molecule has 3 rings (SSSR count). The molecule has 29 heavy (non-hydrogen) atoms. The zero-order valence-electron chi connectivity index (χ0n) is 16.8. The molecule has 150 valence electrons. The molecule has 6 nitrogen and oxygen atoms in total. The third-order valence-corrected chi connectivity index (χ3v) is 4.41. The minimum absolute atomic E-state index is 0.0298. The van der Waals surface area contributed by atoms with Gasteiger partial charge in [0.2, 0.25) is 5.91 Å². The standard InChI is InChI=1S/C23H25N3O3/c1-15(2)24-22(27)19(13-17-7-5-4-6-8-17)25-23(28)20-14-21(29-26-20)18-11-9-16(3)10-12-18/h4-12,14-15,19H,13H2,1-3H3,(H,24,27)(H,25,28). The van der Waals surface area contributed by atoms with E-state index >= 15 is 0 Å². The van der Waals surface area contributed by atoms with E-state index in [1.165, 1.54) is 0 Å². The highest BCUT2D eigenvalue weighted by Gasteiger charge is 2.24. The van der Waals surface area contributed by atoms with Crippen LogP contribution in [0, 0.1) is 6.92 Å². The van der Waals surface area contributed by atoms with Crippen LogP contribution < -0.4 is 10.6 Å². The van der Waals surface area contributed by atoms with E-state index < -0.39 is 11.9 Å². The van der Waals surface area contributed by atoms with Crippen molar-refractivity contribution in [2.45, 2.75) is 39.3 Å². The van der Waals surface area contributed by atoms with Crippen molar-refractivity contribution in [1.29, 1.82) is 0 Å². The number of nitrogens with one attached hydrogen (secondary N) is 2. The van der Waals surface area contributed by atoms with Crippen molar-refractivity contribution >= 4 is 11.8 Å². The molecule has 0 bridgehead atoms. The number of amides is 2. The zero-order chi connectivity index (χ0) is 20.8. The van der Waals surface area contributed by atoms with Crippen molar-refractivity contribution < 1.29 is 14.1 Å². The highest BCUT2D eigenvalue weighted by Crippen LogP contribution is 2.20. The maximum atomic E-state index is 12.7. The molecule has 0 saturated heterocycles. The Morgan fingerprint density at radius 2 is 1.69 bits per heavy atom.